The van der Waals surface area contributed by atoms with Crippen LogP contribution in [0, 0.1) is 3.57 Å². The fourth-order valence-corrected chi connectivity index (χ4v) is 3.19. The van der Waals surface area contributed by atoms with Crippen molar-refractivity contribution in [3.8, 4) is 5.75 Å². The van der Waals surface area contributed by atoms with Crippen molar-refractivity contribution in [2.45, 2.75) is 0 Å². The maximum absolute atomic E-state index is 12.5. The number of methoxy groups -OCH3 is 1. The van der Waals surface area contributed by atoms with Gasteiger partial charge in [-0.25, -0.2) is 5.01 Å². The van der Waals surface area contributed by atoms with Crippen LogP contribution in [-0.2, 0) is 9.59 Å². The Balaban J connectivity index is 1.91. The van der Waals surface area contributed by atoms with Crippen LogP contribution in [0.15, 0.2) is 52.5 Å². The molecule has 0 radical (unpaired) electrons. The Hall–Kier alpha value is -1.87. The largest absolute Gasteiger partial charge is 0.496 e. The molecule has 122 valence electrons. The summed E-state index contributed by atoms with van der Waals surface area (Å²) in [5, 5.41) is 1.25. The number of hydrogen-bond donors (Lipinski definition) is 1. The number of hydrogen-bond acceptors (Lipinski definition) is 3. The smallest absolute Gasteiger partial charge is 0.282 e. The molecule has 0 saturated carbocycles. The van der Waals surface area contributed by atoms with E-state index >= 15 is 0 Å². The standard InChI is InChI=1S/C17H12BrIN2O3/c1-24-15-7-2-10(9-14(15)18)8-13-16(22)20-21(17(13)23)12-5-3-11(19)4-6-12/h2-9H,1H3,(H,20,22)/b13-8+. The zero-order valence-electron chi connectivity index (χ0n) is 12.5. The van der Waals surface area contributed by atoms with Gasteiger partial charge in [0.15, 0.2) is 0 Å². The number of amides is 2. The number of nitrogens with zero attached hydrogens (tertiary/aromatic N) is 1. The molecule has 3 rings (SSSR count). The van der Waals surface area contributed by atoms with E-state index in [0.717, 1.165) is 13.6 Å². The third-order valence-electron chi connectivity index (χ3n) is 3.46. The van der Waals surface area contributed by atoms with E-state index in [-0.39, 0.29) is 11.5 Å². The SMILES string of the molecule is COc1ccc(/C=C2\C(=O)NN(c3ccc(I)cc3)C2=O)cc1Br. The topological polar surface area (TPSA) is 58.6 Å². The molecule has 5 nitrogen and oxygen atoms in total. The summed E-state index contributed by atoms with van der Waals surface area (Å²) in [7, 11) is 1.57. The molecule has 1 N–H and O–H groups in total. The Morgan fingerprint density at radius 1 is 1.17 bits per heavy atom. The summed E-state index contributed by atoms with van der Waals surface area (Å²) < 4.78 is 6.97. The van der Waals surface area contributed by atoms with E-state index in [9.17, 15) is 9.59 Å². The van der Waals surface area contributed by atoms with Gasteiger partial charge in [0.1, 0.15) is 11.3 Å². The van der Waals surface area contributed by atoms with Crippen molar-refractivity contribution >= 4 is 62.1 Å². The van der Waals surface area contributed by atoms with Crippen molar-refractivity contribution in [3.63, 3.8) is 0 Å². The lowest BCUT2D eigenvalue weighted by atomic mass is 10.1. The highest BCUT2D eigenvalue weighted by molar-refractivity contribution is 14.1. The number of ether oxygens (including phenoxy) is 1. The van der Waals surface area contributed by atoms with E-state index in [1.54, 1.807) is 43.5 Å². The zero-order valence-corrected chi connectivity index (χ0v) is 16.3. The maximum atomic E-state index is 12.5. The van der Waals surface area contributed by atoms with Gasteiger partial charge in [0.2, 0.25) is 0 Å². The van der Waals surface area contributed by atoms with Gasteiger partial charge in [0.25, 0.3) is 11.8 Å². The van der Waals surface area contributed by atoms with E-state index in [1.807, 2.05) is 12.1 Å². The number of anilines is 1. The fraction of sp³-hybridized carbons (Fsp3) is 0.0588. The summed E-state index contributed by atoms with van der Waals surface area (Å²) in [6.07, 6.45) is 1.56. The predicted molar refractivity (Wildman–Crippen MR) is 103 cm³/mol. The summed E-state index contributed by atoms with van der Waals surface area (Å²) in [6, 6.07) is 12.7. The molecule has 1 heterocycles. The molecule has 0 unspecified atom stereocenters. The van der Waals surface area contributed by atoms with Crippen molar-refractivity contribution in [3.05, 3.63) is 61.6 Å². The Bertz CT molecular complexity index is 849. The van der Waals surface area contributed by atoms with Crippen LogP contribution in [0.2, 0.25) is 0 Å². The van der Waals surface area contributed by atoms with Crippen LogP contribution in [0.1, 0.15) is 5.56 Å². The summed E-state index contributed by atoms with van der Waals surface area (Å²) in [5.41, 5.74) is 4.02. The third kappa shape index (κ3) is 3.32. The highest BCUT2D eigenvalue weighted by atomic mass is 127. The number of nitrogens with one attached hydrogen (secondary N) is 1. The minimum atomic E-state index is -0.425. The molecule has 1 saturated heterocycles. The Morgan fingerprint density at radius 2 is 1.88 bits per heavy atom. The first-order valence-corrected chi connectivity index (χ1v) is 8.83. The lowest BCUT2D eigenvalue weighted by Crippen LogP contribution is -2.35. The molecule has 0 bridgehead atoms. The molecular weight excluding hydrogens is 487 g/mol. The van der Waals surface area contributed by atoms with Gasteiger partial charge in [0.05, 0.1) is 17.3 Å². The first kappa shape index (κ1) is 17.0. The quantitative estimate of drug-likeness (QED) is 0.400. The van der Waals surface area contributed by atoms with Crippen LogP contribution < -0.4 is 15.2 Å². The number of halogens is 2. The van der Waals surface area contributed by atoms with E-state index in [0.29, 0.717) is 11.4 Å². The molecule has 24 heavy (non-hydrogen) atoms. The average molecular weight is 499 g/mol. The van der Waals surface area contributed by atoms with E-state index in [1.165, 1.54) is 5.01 Å². The van der Waals surface area contributed by atoms with Crippen molar-refractivity contribution in [1.29, 1.82) is 0 Å². The Kier molecular flexibility index (Phi) is 4.91. The van der Waals surface area contributed by atoms with Gasteiger partial charge in [0, 0.05) is 3.57 Å². The lowest BCUT2D eigenvalue weighted by molar-refractivity contribution is -0.117. The van der Waals surface area contributed by atoms with E-state index < -0.39 is 5.91 Å². The second-order valence-electron chi connectivity index (χ2n) is 5.01. The molecule has 1 fully saturated rings. The van der Waals surface area contributed by atoms with Crippen LogP contribution in [0.5, 0.6) is 5.75 Å². The molecule has 2 aromatic rings. The Labute approximate surface area is 160 Å². The van der Waals surface area contributed by atoms with Crippen LogP contribution in [-0.4, -0.2) is 18.9 Å². The highest BCUT2D eigenvalue weighted by Gasteiger charge is 2.34. The van der Waals surface area contributed by atoms with Crippen molar-refractivity contribution in [1.82, 2.24) is 5.43 Å². The fourth-order valence-electron chi connectivity index (χ4n) is 2.27. The van der Waals surface area contributed by atoms with Gasteiger partial charge < -0.3 is 4.74 Å². The van der Waals surface area contributed by atoms with Gasteiger partial charge in [-0.05, 0) is 86.6 Å². The molecule has 0 atom stereocenters. The van der Waals surface area contributed by atoms with Crippen LogP contribution >= 0.6 is 38.5 Å². The van der Waals surface area contributed by atoms with Crippen LogP contribution in [0.25, 0.3) is 6.08 Å². The van der Waals surface area contributed by atoms with Crippen molar-refractivity contribution in [2.24, 2.45) is 0 Å². The van der Waals surface area contributed by atoms with Crippen molar-refractivity contribution < 1.29 is 14.3 Å². The average Bonchev–Trinajstić information content (AvgIpc) is 2.84. The molecule has 0 aromatic heterocycles. The molecule has 1 aliphatic heterocycles. The zero-order chi connectivity index (χ0) is 17.3. The number of carbonyl (C=O) groups excluding carboxylic acids is 2. The van der Waals surface area contributed by atoms with Crippen molar-refractivity contribution in [2.75, 3.05) is 12.1 Å². The van der Waals surface area contributed by atoms with E-state index in [4.69, 9.17) is 4.74 Å². The predicted octanol–water partition coefficient (Wildman–Crippen LogP) is 3.52. The van der Waals surface area contributed by atoms with Crippen LogP contribution in [0.4, 0.5) is 5.69 Å². The maximum Gasteiger partial charge on any atom is 0.282 e. The number of benzene rings is 2. The number of rotatable bonds is 3. The van der Waals surface area contributed by atoms with Gasteiger partial charge in [-0.3, -0.25) is 15.0 Å². The molecule has 2 aromatic carbocycles. The number of carbonyl (C=O) groups is 2. The van der Waals surface area contributed by atoms with Crippen LogP contribution in [0.3, 0.4) is 0 Å². The molecule has 1 aliphatic rings. The van der Waals surface area contributed by atoms with Gasteiger partial charge in [-0.15, -0.1) is 0 Å². The lowest BCUT2D eigenvalue weighted by Gasteiger charge is -2.14. The molecule has 0 aliphatic carbocycles. The monoisotopic (exact) mass is 498 g/mol. The second kappa shape index (κ2) is 6.94. The summed E-state index contributed by atoms with van der Waals surface area (Å²) in [4.78, 5) is 24.7. The summed E-state index contributed by atoms with van der Waals surface area (Å²) in [5.74, 6) is -0.126. The molecule has 7 heteroatoms. The minimum absolute atomic E-state index is 0.0885. The summed E-state index contributed by atoms with van der Waals surface area (Å²) >= 11 is 5.57. The van der Waals surface area contributed by atoms with E-state index in [2.05, 4.69) is 43.9 Å². The minimum Gasteiger partial charge on any atom is -0.496 e. The second-order valence-corrected chi connectivity index (χ2v) is 7.11. The van der Waals surface area contributed by atoms with Gasteiger partial charge in [-0.1, -0.05) is 6.07 Å². The molecule has 2 amide bonds. The highest BCUT2D eigenvalue weighted by Crippen LogP contribution is 2.28. The molecule has 0 spiro atoms. The summed E-state index contributed by atoms with van der Waals surface area (Å²) in [6.45, 7) is 0. The van der Waals surface area contributed by atoms with Gasteiger partial charge in [-0.2, -0.15) is 0 Å². The molecular formula is C17H12BrIN2O3. The normalized spacial score (nSPS) is 15.8. The first-order chi connectivity index (χ1) is 11.5. The van der Waals surface area contributed by atoms with Gasteiger partial charge >= 0.3 is 0 Å². The number of hydrazine groups is 1. The Morgan fingerprint density at radius 3 is 2.50 bits per heavy atom. The third-order valence-corrected chi connectivity index (χ3v) is 4.80. The first-order valence-electron chi connectivity index (χ1n) is 6.96.